The van der Waals surface area contributed by atoms with Crippen LogP contribution in [0.4, 0.5) is 0 Å². The predicted octanol–water partition coefficient (Wildman–Crippen LogP) is 0.958. The molecular weight excluding hydrogens is 116 g/mol. The van der Waals surface area contributed by atoms with Gasteiger partial charge in [0.1, 0.15) is 0 Å². The van der Waals surface area contributed by atoms with Gasteiger partial charge >= 0.3 is 0 Å². The van der Waals surface area contributed by atoms with Gasteiger partial charge in [-0.1, -0.05) is 6.08 Å². The fourth-order valence-corrected chi connectivity index (χ4v) is 0.519. The molecule has 0 heterocycles. The first kappa shape index (κ1) is 8.66. The molecule has 2 nitrogen and oxygen atoms in total. The van der Waals surface area contributed by atoms with E-state index in [-0.39, 0.29) is 6.10 Å². The molecule has 0 aliphatic rings. The minimum Gasteiger partial charge on any atom is -0.390 e. The van der Waals surface area contributed by atoms with E-state index in [1.807, 2.05) is 6.92 Å². The highest BCUT2D eigenvalue weighted by atomic mass is 16.5. The second-order valence-corrected chi connectivity index (χ2v) is 2.03. The van der Waals surface area contributed by atoms with Crippen LogP contribution in [0.15, 0.2) is 12.7 Å². The Morgan fingerprint density at radius 3 is 2.67 bits per heavy atom. The van der Waals surface area contributed by atoms with E-state index in [0.717, 1.165) is 0 Å². The van der Waals surface area contributed by atoms with Gasteiger partial charge in [0.25, 0.3) is 0 Å². The normalized spacial score (nSPS) is 16.8. The van der Waals surface area contributed by atoms with Crippen molar-refractivity contribution in [3.8, 4) is 0 Å². The maximum absolute atomic E-state index is 9.12. The van der Waals surface area contributed by atoms with E-state index in [1.165, 1.54) is 0 Å². The molecule has 0 aromatic carbocycles. The van der Waals surface area contributed by atoms with Crippen LogP contribution in [0, 0.1) is 0 Å². The third-order valence-electron chi connectivity index (χ3n) is 1.32. The fourth-order valence-electron chi connectivity index (χ4n) is 0.519. The summed E-state index contributed by atoms with van der Waals surface area (Å²) in [6.07, 6.45) is 1.77. The lowest BCUT2D eigenvalue weighted by Gasteiger charge is -2.14. The topological polar surface area (TPSA) is 29.5 Å². The third kappa shape index (κ3) is 3.27. The summed E-state index contributed by atoms with van der Waals surface area (Å²) in [6, 6.07) is 0. The van der Waals surface area contributed by atoms with Gasteiger partial charge in [-0.3, -0.25) is 0 Å². The van der Waals surface area contributed by atoms with E-state index in [1.54, 1.807) is 13.2 Å². The molecule has 0 radical (unpaired) electrons. The molecule has 0 saturated carbocycles. The molecule has 2 heteroatoms. The number of hydrogen-bond acceptors (Lipinski definition) is 2. The summed E-state index contributed by atoms with van der Waals surface area (Å²) in [4.78, 5) is 0. The Morgan fingerprint density at radius 1 is 1.78 bits per heavy atom. The molecule has 0 spiro atoms. The van der Waals surface area contributed by atoms with Crippen molar-refractivity contribution in [3.05, 3.63) is 12.7 Å². The average molecular weight is 130 g/mol. The quantitative estimate of drug-likeness (QED) is 0.574. The number of ether oxygens (including phenoxy) is 1. The van der Waals surface area contributed by atoms with Gasteiger partial charge in [0, 0.05) is 7.11 Å². The van der Waals surface area contributed by atoms with E-state index < -0.39 is 6.10 Å². The van der Waals surface area contributed by atoms with Gasteiger partial charge in [0.05, 0.1) is 12.2 Å². The van der Waals surface area contributed by atoms with Crippen molar-refractivity contribution in [1.29, 1.82) is 0 Å². The van der Waals surface area contributed by atoms with Gasteiger partial charge in [0.15, 0.2) is 0 Å². The monoisotopic (exact) mass is 130 g/mol. The first-order valence-corrected chi connectivity index (χ1v) is 3.04. The Kier molecular flexibility index (Phi) is 4.36. The first-order chi connectivity index (χ1) is 4.22. The first-order valence-electron chi connectivity index (χ1n) is 3.04. The maximum atomic E-state index is 9.12. The Labute approximate surface area is 56.1 Å². The highest BCUT2D eigenvalue weighted by Gasteiger charge is 2.09. The van der Waals surface area contributed by atoms with Crippen LogP contribution in [0.5, 0.6) is 0 Å². The van der Waals surface area contributed by atoms with Crippen LogP contribution in [-0.4, -0.2) is 24.4 Å². The zero-order chi connectivity index (χ0) is 7.28. The van der Waals surface area contributed by atoms with Crippen molar-refractivity contribution in [2.24, 2.45) is 0 Å². The van der Waals surface area contributed by atoms with Gasteiger partial charge in [-0.05, 0) is 13.3 Å². The summed E-state index contributed by atoms with van der Waals surface area (Å²) in [6.45, 7) is 5.33. The van der Waals surface area contributed by atoms with Gasteiger partial charge < -0.3 is 9.84 Å². The molecule has 9 heavy (non-hydrogen) atoms. The number of rotatable bonds is 4. The maximum Gasteiger partial charge on any atom is 0.0833 e. The van der Waals surface area contributed by atoms with Gasteiger partial charge in [-0.25, -0.2) is 0 Å². The van der Waals surface area contributed by atoms with Crippen LogP contribution < -0.4 is 0 Å². The Balaban J connectivity index is 3.44. The predicted molar refractivity (Wildman–Crippen MR) is 37.3 cm³/mol. The number of aliphatic hydroxyl groups excluding tert-OH is 1. The van der Waals surface area contributed by atoms with E-state index in [4.69, 9.17) is 9.84 Å². The number of hydrogen-bond donors (Lipinski definition) is 1. The van der Waals surface area contributed by atoms with Crippen molar-refractivity contribution in [1.82, 2.24) is 0 Å². The molecular formula is C7H14O2. The van der Waals surface area contributed by atoms with Crippen molar-refractivity contribution < 1.29 is 9.84 Å². The van der Waals surface area contributed by atoms with Crippen LogP contribution >= 0.6 is 0 Å². The summed E-state index contributed by atoms with van der Waals surface area (Å²) >= 11 is 0. The lowest BCUT2D eigenvalue weighted by Crippen LogP contribution is -2.23. The Hall–Kier alpha value is -0.340. The standard InChI is InChI=1S/C7H14O2/c1-4-5-7(8)6(2)9-3/h4,6-8H,1,5H2,2-3H3/t6-,7-/m0/s1. The van der Waals surface area contributed by atoms with Crippen molar-refractivity contribution in [2.45, 2.75) is 25.6 Å². The Morgan fingerprint density at radius 2 is 2.33 bits per heavy atom. The summed E-state index contributed by atoms with van der Waals surface area (Å²) in [5.74, 6) is 0. The third-order valence-corrected chi connectivity index (χ3v) is 1.32. The number of methoxy groups -OCH3 is 1. The smallest absolute Gasteiger partial charge is 0.0833 e. The van der Waals surface area contributed by atoms with Crippen LogP contribution in [0.25, 0.3) is 0 Å². The summed E-state index contributed by atoms with van der Waals surface area (Å²) in [7, 11) is 1.58. The van der Waals surface area contributed by atoms with Crippen LogP contribution in [-0.2, 0) is 4.74 Å². The Bertz CT molecular complexity index is 81.0. The van der Waals surface area contributed by atoms with Crippen molar-refractivity contribution in [3.63, 3.8) is 0 Å². The van der Waals surface area contributed by atoms with E-state index >= 15 is 0 Å². The molecule has 0 unspecified atom stereocenters. The largest absolute Gasteiger partial charge is 0.390 e. The van der Waals surface area contributed by atoms with Crippen LogP contribution in [0.3, 0.4) is 0 Å². The molecule has 2 atom stereocenters. The summed E-state index contributed by atoms with van der Waals surface area (Å²) < 4.78 is 4.87. The van der Waals surface area contributed by atoms with Gasteiger partial charge in [-0.2, -0.15) is 0 Å². The molecule has 0 amide bonds. The lowest BCUT2D eigenvalue weighted by molar-refractivity contribution is 0.00179. The van der Waals surface area contributed by atoms with Crippen LogP contribution in [0.1, 0.15) is 13.3 Å². The van der Waals surface area contributed by atoms with E-state index in [9.17, 15) is 0 Å². The molecule has 54 valence electrons. The van der Waals surface area contributed by atoms with Crippen molar-refractivity contribution in [2.75, 3.05) is 7.11 Å². The minimum atomic E-state index is -0.410. The summed E-state index contributed by atoms with van der Waals surface area (Å²) in [5, 5.41) is 9.12. The number of aliphatic hydroxyl groups is 1. The van der Waals surface area contributed by atoms with Crippen molar-refractivity contribution >= 4 is 0 Å². The lowest BCUT2D eigenvalue weighted by atomic mass is 10.2. The second-order valence-electron chi connectivity index (χ2n) is 2.03. The van der Waals surface area contributed by atoms with E-state index in [0.29, 0.717) is 6.42 Å². The SMILES string of the molecule is C=CC[C@H](O)[C@H](C)OC. The van der Waals surface area contributed by atoms with Gasteiger partial charge in [-0.15, -0.1) is 6.58 Å². The molecule has 0 rings (SSSR count). The highest BCUT2D eigenvalue weighted by Crippen LogP contribution is 2.01. The second kappa shape index (κ2) is 4.53. The zero-order valence-electron chi connectivity index (χ0n) is 6.00. The zero-order valence-corrected chi connectivity index (χ0v) is 6.00. The minimum absolute atomic E-state index is 0.0944. The molecule has 0 aliphatic heterocycles. The molecule has 0 aromatic rings. The molecule has 0 aliphatic carbocycles. The molecule has 0 bridgehead atoms. The van der Waals surface area contributed by atoms with Crippen LogP contribution in [0.2, 0.25) is 0 Å². The summed E-state index contributed by atoms with van der Waals surface area (Å²) in [5.41, 5.74) is 0. The molecule has 1 N–H and O–H groups in total. The average Bonchev–Trinajstić information content (AvgIpc) is 1.87. The van der Waals surface area contributed by atoms with E-state index in [2.05, 4.69) is 6.58 Å². The highest BCUT2D eigenvalue weighted by molar-refractivity contribution is 4.75. The molecule has 0 aromatic heterocycles. The molecule has 0 saturated heterocycles. The fraction of sp³-hybridized carbons (Fsp3) is 0.714. The van der Waals surface area contributed by atoms with Gasteiger partial charge in [0.2, 0.25) is 0 Å². The molecule has 0 fully saturated rings.